The Bertz CT molecular complexity index is 1450. The van der Waals surface area contributed by atoms with Crippen molar-refractivity contribution >= 4 is 39.1 Å². The van der Waals surface area contributed by atoms with E-state index in [1.165, 1.54) is 35.2 Å². The van der Waals surface area contributed by atoms with Gasteiger partial charge in [-0.05, 0) is 74.2 Å². The zero-order chi connectivity index (χ0) is 30.2. The number of amides is 2. The molecular formula is C31H37ClFN3O4S. The lowest BCUT2D eigenvalue weighted by atomic mass is 10.1. The minimum atomic E-state index is -4.21. The third-order valence-corrected chi connectivity index (χ3v) is 8.82. The van der Waals surface area contributed by atoms with Crippen molar-refractivity contribution in [2.24, 2.45) is 0 Å². The van der Waals surface area contributed by atoms with Gasteiger partial charge in [-0.3, -0.25) is 13.9 Å². The van der Waals surface area contributed by atoms with Gasteiger partial charge in [-0.2, -0.15) is 0 Å². The summed E-state index contributed by atoms with van der Waals surface area (Å²) in [7, 11) is -4.21. The van der Waals surface area contributed by atoms with Gasteiger partial charge in [0, 0.05) is 18.1 Å². The number of unbranched alkanes of at least 4 members (excludes halogenated alkanes) is 1. The van der Waals surface area contributed by atoms with E-state index in [9.17, 15) is 22.4 Å². The summed E-state index contributed by atoms with van der Waals surface area (Å²) in [5, 5.41) is 3.20. The summed E-state index contributed by atoms with van der Waals surface area (Å²) in [5.41, 5.74) is 2.35. The van der Waals surface area contributed by atoms with Gasteiger partial charge in [0.1, 0.15) is 18.4 Å². The van der Waals surface area contributed by atoms with E-state index in [0.717, 1.165) is 22.7 Å². The number of carbonyl (C=O) groups is 2. The molecule has 0 radical (unpaired) electrons. The second kappa shape index (κ2) is 14.5. The Morgan fingerprint density at radius 1 is 0.976 bits per heavy atom. The molecule has 0 saturated carbocycles. The van der Waals surface area contributed by atoms with Crippen molar-refractivity contribution in [1.82, 2.24) is 10.2 Å². The molecular weight excluding hydrogens is 565 g/mol. The number of aryl methyl sites for hydroxylation is 2. The molecule has 0 aliphatic carbocycles. The Hall–Kier alpha value is -3.43. The first-order valence-electron chi connectivity index (χ1n) is 13.6. The molecule has 3 rings (SSSR count). The number of benzene rings is 3. The van der Waals surface area contributed by atoms with E-state index in [1.54, 1.807) is 50.2 Å². The van der Waals surface area contributed by atoms with Crippen LogP contribution in [0.1, 0.15) is 49.8 Å². The van der Waals surface area contributed by atoms with Gasteiger partial charge in [0.15, 0.2) is 0 Å². The first-order valence-corrected chi connectivity index (χ1v) is 15.5. The molecule has 41 heavy (non-hydrogen) atoms. The van der Waals surface area contributed by atoms with Crippen LogP contribution in [0.4, 0.5) is 10.1 Å². The number of nitrogens with zero attached hydrogens (tertiary/aromatic N) is 2. The van der Waals surface area contributed by atoms with Crippen LogP contribution < -0.4 is 9.62 Å². The smallest absolute Gasteiger partial charge is 0.264 e. The molecule has 1 atom stereocenters. The van der Waals surface area contributed by atoms with Gasteiger partial charge < -0.3 is 10.2 Å². The Labute approximate surface area is 247 Å². The Kier molecular flexibility index (Phi) is 11.3. The number of halogens is 2. The van der Waals surface area contributed by atoms with E-state index in [2.05, 4.69) is 5.32 Å². The van der Waals surface area contributed by atoms with Crippen molar-refractivity contribution in [1.29, 1.82) is 0 Å². The third-order valence-electron chi connectivity index (χ3n) is 6.81. The highest BCUT2D eigenvalue weighted by atomic mass is 35.5. The highest BCUT2D eigenvalue weighted by Gasteiger charge is 2.34. The molecule has 2 amide bonds. The van der Waals surface area contributed by atoms with Crippen LogP contribution >= 0.6 is 11.6 Å². The van der Waals surface area contributed by atoms with E-state index >= 15 is 0 Å². The van der Waals surface area contributed by atoms with Crippen LogP contribution in [0.15, 0.2) is 71.6 Å². The van der Waals surface area contributed by atoms with Crippen molar-refractivity contribution in [3.05, 3.63) is 94.3 Å². The van der Waals surface area contributed by atoms with Crippen LogP contribution in [0.25, 0.3) is 0 Å². The molecule has 0 aliphatic rings. The van der Waals surface area contributed by atoms with Gasteiger partial charge in [-0.1, -0.05) is 67.8 Å². The quantitative estimate of drug-likeness (QED) is 0.243. The summed E-state index contributed by atoms with van der Waals surface area (Å²) >= 11 is 6.27. The van der Waals surface area contributed by atoms with Gasteiger partial charge in [0.05, 0.1) is 10.6 Å². The molecule has 3 aromatic rings. The lowest BCUT2D eigenvalue weighted by Gasteiger charge is -2.33. The summed E-state index contributed by atoms with van der Waals surface area (Å²) in [6, 6.07) is 16.0. The van der Waals surface area contributed by atoms with E-state index in [0.29, 0.717) is 29.1 Å². The van der Waals surface area contributed by atoms with Crippen LogP contribution in [-0.2, 0) is 26.2 Å². The van der Waals surface area contributed by atoms with Gasteiger partial charge in [-0.25, -0.2) is 12.8 Å². The van der Waals surface area contributed by atoms with Gasteiger partial charge in [0.25, 0.3) is 10.0 Å². The fourth-order valence-electron chi connectivity index (χ4n) is 4.41. The minimum absolute atomic E-state index is 0.00817. The topological polar surface area (TPSA) is 86.8 Å². The maximum absolute atomic E-state index is 14.1. The van der Waals surface area contributed by atoms with Crippen molar-refractivity contribution in [2.45, 2.75) is 64.4 Å². The highest BCUT2D eigenvalue weighted by molar-refractivity contribution is 7.92. The van der Waals surface area contributed by atoms with Crippen molar-refractivity contribution in [3.8, 4) is 0 Å². The second-order valence-electron chi connectivity index (χ2n) is 9.97. The molecule has 0 fully saturated rings. The molecule has 0 unspecified atom stereocenters. The highest BCUT2D eigenvalue weighted by Crippen LogP contribution is 2.30. The second-order valence-corrected chi connectivity index (χ2v) is 12.3. The summed E-state index contributed by atoms with van der Waals surface area (Å²) in [6.45, 7) is 7.26. The van der Waals surface area contributed by atoms with Crippen molar-refractivity contribution in [2.75, 3.05) is 17.4 Å². The zero-order valence-corrected chi connectivity index (χ0v) is 25.4. The van der Waals surface area contributed by atoms with Crippen LogP contribution in [0.5, 0.6) is 0 Å². The first-order chi connectivity index (χ1) is 19.5. The lowest BCUT2D eigenvalue weighted by molar-refractivity contribution is -0.140. The fourth-order valence-corrected chi connectivity index (χ4v) is 6.05. The molecule has 0 saturated heterocycles. The number of hydrogen-bond donors (Lipinski definition) is 1. The Morgan fingerprint density at radius 2 is 1.63 bits per heavy atom. The average Bonchev–Trinajstić information content (AvgIpc) is 2.94. The monoisotopic (exact) mass is 601 g/mol. The lowest BCUT2D eigenvalue weighted by Crippen LogP contribution is -2.52. The summed E-state index contributed by atoms with van der Waals surface area (Å²) < 4.78 is 42.7. The number of carbonyl (C=O) groups excluding carboxylic acids is 2. The fraction of sp³-hybridized carbons (Fsp3) is 0.355. The van der Waals surface area contributed by atoms with E-state index < -0.39 is 34.3 Å². The van der Waals surface area contributed by atoms with Crippen LogP contribution in [0.3, 0.4) is 0 Å². The maximum atomic E-state index is 14.1. The van der Waals surface area contributed by atoms with Crippen LogP contribution in [-0.4, -0.2) is 44.3 Å². The van der Waals surface area contributed by atoms with Crippen LogP contribution in [0, 0.1) is 19.7 Å². The molecule has 10 heteroatoms. The van der Waals surface area contributed by atoms with Crippen molar-refractivity contribution in [3.63, 3.8) is 0 Å². The molecule has 0 heterocycles. The molecule has 0 spiro atoms. The molecule has 0 aliphatic heterocycles. The van der Waals surface area contributed by atoms with Gasteiger partial charge in [0.2, 0.25) is 11.8 Å². The Morgan fingerprint density at radius 3 is 2.24 bits per heavy atom. The molecule has 7 nitrogen and oxygen atoms in total. The van der Waals surface area contributed by atoms with Gasteiger partial charge in [-0.15, -0.1) is 0 Å². The predicted molar refractivity (Wildman–Crippen MR) is 161 cm³/mol. The van der Waals surface area contributed by atoms with Crippen LogP contribution in [0.2, 0.25) is 5.02 Å². The zero-order valence-electron chi connectivity index (χ0n) is 23.9. The normalized spacial score (nSPS) is 12.0. The molecule has 1 N–H and O–H groups in total. The number of sulfonamides is 1. The summed E-state index contributed by atoms with van der Waals surface area (Å²) in [6.07, 6.45) is 1.97. The SMILES string of the molecule is CCCCNC(=O)[C@@H](CC)N(Cc1ccc(F)cc1)C(=O)CN(c1cc(Cl)ccc1C)S(=O)(=O)c1ccc(C)cc1. The summed E-state index contributed by atoms with van der Waals surface area (Å²) in [5.74, 6) is -1.34. The molecule has 0 bridgehead atoms. The molecule has 3 aromatic carbocycles. The van der Waals surface area contributed by atoms with Gasteiger partial charge >= 0.3 is 0 Å². The number of nitrogens with one attached hydrogen (secondary N) is 1. The average molecular weight is 602 g/mol. The maximum Gasteiger partial charge on any atom is 0.264 e. The standard InChI is InChI=1S/C31H37ClFN3O4S/c1-5-7-18-34-31(38)28(6-2)35(20-24-11-14-26(33)15-12-24)30(37)21-36(29-19-25(32)13-10-23(29)4)41(39,40)27-16-8-22(3)9-17-27/h8-17,19,28H,5-7,18,20-21H2,1-4H3,(H,34,38)/t28-/m1/s1. The molecule has 0 aromatic heterocycles. The number of rotatable bonds is 13. The van der Waals surface area contributed by atoms with E-state index in [1.807, 2.05) is 13.8 Å². The predicted octanol–water partition coefficient (Wildman–Crippen LogP) is 6.01. The Balaban J connectivity index is 2.07. The van der Waals surface area contributed by atoms with Crippen molar-refractivity contribution < 1.29 is 22.4 Å². The van der Waals surface area contributed by atoms with E-state index in [4.69, 9.17) is 11.6 Å². The molecule has 220 valence electrons. The number of anilines is 1. The first kappa shape index (κ1) is 32.1. The largest absolute Gasteiger partial charge is 0.354 e. The van der Waals surface area contributed by atoms with E-state index in [-0.39, 0.29) is 23.0 Å². The minimum Gasteiger partial charge on any atom is -0.354 e. The summed E-state index contributed by atoms with van der Waals surface area (Å²) in [4.78, 5) is 28.7. The number of hydrogen-bond acceptors (Lipinski definition) is 4. The third kappa shape index (κ3) is 8.30.